The topological polar surface area (TPSA) is 91.9 Å². The SMILES string of the molecule is COc1c(Cl)cccc1Nc1c(-c2ccnc3ccc(F)nc23)[nH]c2c1C(=O)NCC2. The van der Waals surface area contributed by atoms with E-state index in [0.29, 0.717) is 63.0 Å². The number of anilines is 2. The fourth-order valence-corrected chi connectivity index (χ4v) is 4.11. The van der Waals surface area contributed by atoms with Crippen molar-refractivity contribution >= 4 is 39.9 Å². The van der Waals surface area contributed by atoms with Gasteiger partial charge in [0.05, 0.1) is 40.3 Å². The zero-order chi connectivity index (χ0) is 21.5. The summed E-state index contributed by atoms with van der Waals surface area (Å²) in [6.45, 7) is 0.523. The van der Waals surface area contributed by atoms with Gasteiger partial charge in [0.2, 0.25) is 5.95 Å². The van der Waals surface area contributed by atoms with E-state index in [0.717, 1.165) is 5.69 Å². The first-order chi connectivity index (χ1) is 15.1. The second-order valence-corrected chi connectivity index (χ2v) is 7.45. The van der Waals surface area contributed by atoms with Crippen LogP contribution >= 0.6 is 11.6 Å². The minimum Gasteiger partial charge on any atom is -0.493 e. The predicted octanol–water partition coefficient (Wildman–Crippen LogP) is 4.46. The lowest BCUT2D eigenvalue weighted by Gasteiger charge is -2.17. The number of aromatic amines is 1. The van der Waals surface area contributed by atoms with Crippen molar-refractivity contribution in [3.8, 4) is 17.0 Å². The molecule has 1 aliphatic rings. The maximum atomic E-state index is 14.0. The molecule has 0 unspecified atom stereocenters. The number of nitrogens with zero attached hydrogens (tertiary/aromatic N) is 2. The van der Waals surface area contributed by atoms with Crippen molar-refractivity contribution in [1.29, 1.82) is 0 Å². The molecule has 1 aromatic carbocycles. The summed E-state index contributed by atoms with van der Waals surface area (Å²) in [5, 5.41) is 6.61. The number of amides is 1. The van der Waals surface area contributed by atoms with E-state index in [9.17, 15) is 9.18 Å². The van der Waals surface area contributed by atoms with E-state index in [1.54, 1.807) is 36.5 Å². The van der Waals surface area contributed by atoms with E-state index in [-0.39, 0.29) is 5.91 Å². The van der Waals surface area contributed by atoms with Gasteiger partial charge in [-0.1, -0.05) is 17.7 Å². The Balaban J connectivity index is 1.76. The first-order valence-corrected chi connectivity index (χ1v) is 9.99. The summed E-state index contributed by atoms with van der Waals surface area (Å²) < 4.78 is 19.4. The van der Waals surface area contributed by atoms with Crippen molar-refractivity contribution in [2.45, 2.75) is 6.42 Å². The number of hydrogen-bond donors (Lipinski definition) is 3. The molecule has 0 atom stereocenters. The fraction of sp³-hybridized carbons (Fsp3) is 0.136. The van der Waals surface area contributed by atoms with Gasteiger partial charge in [0.1, 0.15) is 5.52 Å². The van der Waals surface area contributed by atoms with Crippen molar-refractivity contribution in [2.75, 3.05) is 19.0 Å². The van der Waals surface area contributed by atoms with Crippen molar-refractivity contribution < 1.29 is 13.9 Å². The first-order valence-electron chi connectivity index (χ1n) is 9.61. The van der Waals surface area contributed by atoms with Crippen LogP contribution in [0, 0.1) is 5.95 Å². The summed E-state index contributed by atoms with van der Waals surface area (Å²) in [7, 11) is 1.52. The zero-order valence-electron chi connectivity index (χ0n) is 16.4. The van der Waals surface area contributed by atoms with Crippen LogP contribution in [0.25, 0.3) is 22.3 Å². The molecule has 156 valence electrons. The summed E-state index contributed by atoms with van der Waals surface area (Å²) in [5.41, 5.74) is 4.56. The largest absolute Gasteiger partial charge is 0.493 e. The molecule has 3 N–H and O–H groups in total. The van der Waals surface area contributed by atoms with Crippen LogP contribution in [-0.2, 0) is 6.42 Å². The number of rotatable bonds is 4. The van der Waals surface area contributed by atoms with Crippen LogP contribution in [0.4, 0.5) is 15.8 Å². The van der Waals surface area contributed by atoms with E-state index >= 15 is 0 Å². The van der Waals surface area contributed by atoms with Crippen molar-refractivity contribution in [2.24, 2.45) is 0 Å². The molecule has 3 aromatic heterocycles. The third-order valence-electron chi connectivity index (χ3n) is 5.22. The number of ether oxygens (including phenoxy) is 1. The lowest BCUT2D eigenvalue weighted by molar-refractivity contribution is 0.0947. The summed E-state index contributed by atoms with van der Waals surface area (Å²) in [4.78, 5) is 24.4. The second kappa shape index (κ2) is 7.55. The molecular weight excluding hydrogens is 421 g/mol. The Kier molecular flexibility index (Phi) is 4.71. The number of halogens is 2. The second-order valence-electron chi connectivity index (χ2n) is 7.04. The fourth-order valence-electron chi connectivity index (χ4n) is 3.86. The molecule has 9 heteroatoms. The maximum absolute atomic E-state index is 14.0. The van der Waals surface area contributed by atoms with Crippen LogP contribution in [0.3, 0.4) is 0 Å². The monoisotopic (exact) mass is 437 g/mol. The highest BCUT2D eigenvalue weighted by atomic mass is 35.5. The molecule has 0 saturated carbocycles. The first kappa shape index (κ1) is 19.3. The number of fused-ring (bicyclic) bond motifs is 2. The van der Waals surface area contributed by atoms with Crippen molar-refractivity contribution in [3.05, 3.63) is 64.8 Å². The number of para-hydroxylation sites is 1. The van der Waals surface area contributed by atoms with Gasteiger partial charge in [0.15, 0.2) is 5.75 Å². The number of pyridine rings is 2. The van der Waals surface area contributed by atoms with E-state index in [1.807, 2.05) is 0 Å². The van der Waals surface area contributed by atoms with E-state index < -0.39 is 5.95 Å². The molecule has 1 aliphatic heterocycles. The Morgan fingerprint density at radius 1 is 1.23 bits per heavy atom. The van der Waals surface area contributed by atoms with Crippen LogP contribution < -0.4 is 15.4 Å². The number of benzene rings is 1. The van der Waals surface area contributed by atoms with Gasteiger partial charge in [-0.15, -0.1) is 0 Å². The Bertz CT molecular complexity index is 1340. The molecule has 0 aliphatic carbocycles. The molecular formula is C22H17ClFN5O2. The zero-order valence-corrected chi connectivity index (χ0v) is 17.2. The molecule has 4 aromatic rings. The number of hydrogen-bond acceptors (Lipinski definition) is 5. The summed E-state index contributed by atoms with van der Waals surface area (Å²) in [6, 6.07) is 9.88. The highest BCUT2D eigenvalue weighted by Gasteiger charge is 2.28. The number of nitrogens with one attached hydrogen (secondary N) is 3. The number of carbonyl (C=O) groups excluding carboxylic acids is 1. The Hall–Kier alpha value is -3.65. The molecule has 5 rings (SSSR count). The maximum Gasteiger partial charge on any atom is 0.255 e. The van der Waals surface area contributed by atoms with Gasteiger partial charge in [0, 0.05) is 30.4 Å². The molecule has 1 amide bonds. The minimum atomic E-state index is -0.609. The predicted molar refractivity (Wildman–Crippen MR) is 117 cm³/mol. The molecule has 0 saturated heterocycles. The minimum absolute atomic E-state index is 0.204. The Morgan fingerprint density at radius 3 is 2.94 bits per heavy atom. The van der Waals surface area contributed by atoms with Crippen LogP contribution in [-0.4, -0.2) is 34.5 Å². The van der Waals surface area contributed by atoms with Gasteiger partial charge >= 0.3 is 0 Å². The number of carbonyl (C=O) groups is 1. The molecule has 7 nitrogen and oxygen atoms in total. The van der Waals surface area contributed by atoms with Crippen LogP contribution in [0.1, 0.15) is 16.1 Å². The average molecular weight is 438 g/mol. The summed E-state index contributed by atoms with van der Waals surface area (Å²) in [6.07, 6.45) is 2.26. The number of H-pyrrole nitrogens is 1. The van der Waals surface area contributed by atoms with E-state index in [4.69, 9.17) is 16.3 Å². The van der Waals surface area contributed by atoms with Crippen LogP contribution in [0.15, 0.2) is 42.6 Å². The standard InChI is InChI=1S/C22H17ClFN5O2/c1-31-21-12(23)3-2-4-15(21)28-20-17-13(8-10-26-22(17)30)27-19(20)11-7-9-25-14-5-6-16(24)29-18(11)14/h2-7,9,27-28H,8,10H2,1H3,(H,26,30). The van der Waals surface area contributed by atoms with Crippen molar-refractivity contribution in [3.63, 3.8) is 0 Å². The molecule has 4 heterocycles. The molecule has 31 heavy (non-hydrogen) atoms. The number of aromatic nitrogens is 3. The molecule has 0 spiro atoms. The Morgan fingerprint density at radius 2 is 2.10 bits per heavy atom. The summed E-state index contributed by atoms with van der Waals surface area (Å²) in [5.74, 6) is -0.364. The van der Waals surface area contributed by atoms with Gasteiger partial charge in [-0.25, -0.2) is 4.98 Å². The van der Waals surface area contributed by atoms with Gasteiger partial charge in [-0.05, 0) is 30.3 Å². The third kappa shape index (κ3) is 3.25. The smallest absolute Gasteiger partial charge is 0.255 e. The van der Waals surface area contributed by atoms with Gasteiger partial charge in [-0.2, -0.15) is 4.39 Å². The lowest BCUT2D eigenvalue weighted by atomic mass is 10.0. The molecule has 0 radical (unpaired) electrons. The highest BCUT2D eigenvalue weighted by molar-refractivity contribution is 6.32. The van der Waals surface area contributed by atoms with E-state index in [1.165, 1.54) is 13.2 Å². The number of methoxy groups -OCH3 is 1. The van der Waals surface area contributed by atoms with Gasteiger partial charge < -0.3 is 20.4 Å². The molecule has 0 bridgehead atoms. The highest BCUT2D eigenvalue weighted by Crippen LogP contribution is 2.41. The van der Waals surface area contributed by atoms with Crippen LogP contribution in [0.5, 0.6) is 5.75 Å². The molecule has 0 fully saturated rings. The normalized spacial score (nSPS) is 13.1. The quantitative estimate of drug-likeness (QED) is 0.410. The van der Waals surface area contributed by atoms with Gasteiger partial charge in [0.25, 0.3) is 5.91 Å². The average Bonchev–Trinajstić information content (AvgIpc) is 3.13. The third-order valence-corrected chi connectivity index (χ3v) is 5.51. The van der Waals surface area contributed by atoms with Gasteiger partial charge in [-0.3, -0.25) is 9.78 Å². The van der Waals surface area contributed by atoms with Crippen molar-refractivity contribution in [1.82, 2.24) is 20.3 Å². The summed E-state index contributed by atoms with van der Waals surface area (Å²) >= 11 is 6.28. The van der Waals surface area contributed by atoms with Crippen LogP contribution in [0.2, 0.25) is 5.02 Å². The lowest BCUT2D eigenvalue weighted by Crippen LogP contribution is -2.31. The van der Waals surface area contributed by atoms with E-state index in [2.05, 4.69) is 25.6 Å². The Labute approximate surface area is 181 Å².